The molecule has 6 nitrogen and oxygen atoms in total. The van der Waals surface area contributed by atoms with E-state index in [-0.39, 0.29) is 40.4 Å². The average Bonchev–Trinajstić information content (AvgIpc) is 2.77. The fourth-order valence-electron chi connectivity index (χ4n) is 4.38. The van der Waals surface area contributed by atoms with Crippen molar-refractivity contribution in [2.45, 2.75) is 59.5 Å². The summed E-state index contributed by atoms with van der Waals surface area (Å²) >= 11 is 0. The van der Waals surface area contributed by atoms with Gasteiger partial charge in [-0.2, -0.15) is 0 Å². The number of phenolic OH excluding ortho intramolecular Hbond substituents is 3. The first-order valence-corrected chi connectivity index (χ1v) is 12.0. The van der Waals surface area contributed by atoms with E-state index in [4.69, 9.17) is 9.15 Å². The second kappa shape index (κ2) is 9.61. The molecule has 0 bridgehead atoms. The van der Waals surface area contributed by atoms with Crippen molar-refractivity contribution in [3.63, 3.8) is 0 Å². The summed E-state index contributed by atoms with van der Waals surface area (Å²) in [5.74, 6) is 0.0652. The van der Waals surface area contributed by atoms with Gasteiger partial charge < -0.3 is 24.5 Å². The van der Waals surface area contributed by atoms with Gasteiger partial charge in [-0.25, -0.2) is 0 Å². The summed E-state index contributed by atoms with van der Waals surface area (Å²) in [7, 11) is 0. The van der Waals surface area contributed by atoms with Gasteiger partial charge in [-0.05, 0) is 78.2 Å². The van der Waals surface area contributed by atoms with Crippen LogP contribution in [0.1, 0.15) is 58.6 Å². The van der Waals surface area contributed by atoms with Crippen LogP contribution in [0.15, 0.2) is 62.9 Å². The summed E-state index contributed by atoms with van der Waals surface area (Å²) < 4.78 is 12.3. The smallest absolute Gasteiger partial charge is 0.200 e. The summed E-state index contributed by atoms with van der Waals surface area (Å²) in [5, 5.41) is 31.5. The zero-order chi connectivity index (χ0) is 26.2. The zero-order valence-corrected chi connectivity index (χ0v) is 21.3. The fourth-order valence-corrected chi connectivity index (χ4v) is 4.38. The lowest BCUT2D eigenvalue weighted by molar-refractivity contribution is 0.128. The summed E-state index contributed by atoms with van der Waals surface area (Å²) in [5.41, 5.74) is 2.49. The minimum absolute atomic E-state index is 0.0125. The van der Waals surface area contributed by atoms with Crippen LogP contribution in [-0.4, -0.2) is 20.9 Å². The number of phenols is 3. The van der Waals surface area contributed by atoms with Crippen molar-refractivity contribution >= 4 is 17.0 Å². The summed E-state index contributed by atoms with van der Waals surface area (Å²) in [6.07, 6.45) is 9.75. The molecule has 3 N–H and O–H groups in total. The molecule has 0 amide bonds. The highest BCUT2D eigenvalue weighted by Gasteiger charge is 2.30. The van der Waals surface area contributed by atoms with E-state index in [1.54, 1.807) is 12.1 Å². The predicted octanol–water partition coefficient (Wildman–Crippen LogP) is 7.00. The molecule has 2 heterocycles. The lowest BCUT2D eigenvalue weighted by Gasteiger charge is -2.32. The SMILES string of the molecule is CC(C)=CCC[C@]1(C)C=Cc2c(ccc(-c3oc4cc(O)cc(O)c4c(=O)c3CC=C(C)C)c2O)O1. The van der Waals surface area contributed by atoms with E-state index < -0.39 is 11.0 Å². The normalized spacial score (nSPS) is 16.4. The number of hydrogen-bond donors (Lipinski definition) is 3. The van der Waals surface area contributed by atoms with E-state index >= 15 is 0 Å². The van der Waals surface area contributed by atoms with E-state index in [0.717, 1.165) is 24.5 Å². The molecule has 1 aliphatic heterocycles. The van der Waals surface area contributed by atoms with Crippen molar-refractivity contribution in [3.05, 3.63) is 75.0 Å². The molecule has 0 unspecified atom stereocenters. The number of fused-ring (bicyclic) bond motifs is 2. The molecule has 3 aromatic rings. The van der Waals surface area contributed by atoms with Gasteiger partial charge >= 0.3 is 0 Å². The molecule has 0 spiro atoms. The third kappa shape index (κ3) is 4.89. The molecule has 2 aromatic carbocycles. The van der Waals surface area contributed by atoms with E-state index in [1.165, 1.54) is 11.6 Å². The minimum atomic E-state index is -0.508. The summed E-state index contributed by atoms with van der Waals surface area (Å²) in [6, 6.07) is 5.82. The van der Waals surface area contributed by atoms with Gasteiger partial charge in [-0.3, -0.25) is 4.79 Å². The maximum atomic E-state index is 13.4. The highest BCUT2D eigenvalue weighted by Crippen LogP contribution is 2.44. The topological polar surface area (TPSA) is 100 Å². The summed E-state index contributed by atoms with van der Waals surface area (Å²) in [6.45, 7) is 9.98. The van der Waals surface area contributed by atoms with Gasteiger partial charge in [0.25, 0.3) is 0 Å². The van der Waals surface area contributed by atoms with Crippen LogP contribution in [0.25, 0.3) is 28.4 Å². The minimum Gasteiger partial charge on any atom is -0.508 e. The van der Waals surface area contributed by atoms with Gasteiger partial charge in [0, 0.05) is 17.7 Å². The number of hydrogen-bond acceptors (Lipinski definition) is 6. The molecule has 0 saturated carbocycles. The Morgan fingerprint density at radius 3 is 2.44 bits per heavy atom. The molecule has 0 aliphatic carbocycles. The number of rotatable bonds is 6. The summed E-state index contributed by atoms with van der Waals surface area (Å²) in [4.78, 5) is 13.4. The van der Waals surface area contributed by atoms with Crippen LogP contribution in [0.3, 0.4) is 0 Å². The first-order chi connectivity index (χ1) is 17.0. The van der Waals surface area contributed by atoms with Crippen molar-refractivity contribution < 1.29 is 24.5 Å². The lowest BCUT2D eigenvalue weighted by Crippen LogP contribution is -2.31. The molecule has 1 aromatic heterocycles. The van der Waals surface area contributed by atoms with Gasteiger partial charge in [0.05, 0.1) is 11.1 Å². The van der Waals surface area contributed by atoms with Crippen molar-refractivity contribution in [1.29, 1.82) is 0 Å². The van der Waals surface area contributed by atoms with E-state index in [2.05, 4.69) is 19.9 Å². The molecule has 36 heavy (non-hydrogen) atoms. The Balaban J connectivity index is 1.85. The predicted molar refractivity (Wildman–Crippen MR) is 143 cm³/mol. The van der Waals surface area contributed by atoms with Crippen LogP contribution in [0.4, 0.5) is 0 Å². The second-order valence-corrected chi connectivity index (χ2v) is 10.0. The number of benzene rings is 2. The van der Waals surface area contributed by atoms with Crippen molar-refractivity contribution in [3.8, 4) is 34.3 Å². The van der Waals surface area contributed by atoms with Crippen LogP contribution in [0.5, 0.6) is 23.0 Å². The first-order valence-electron chi connectivity index (χ1n) is 12.0. The standard InChI is InChI=1S/C30H32O6/c1-17(2)7-6-13-30(5)14-12-20-24(36-30)11-10-21(27(20)33)29-22(9-8-18(3)4)28(34)26-23(32)15-19(31)16-25(26)35-29/h7-8,10-12,14-16,31-33H,6,9,13H2,1-5H3/t30-/m1/s1. The molecule has 0 radical (unpaired) electrons. The Morgan fingerprint density at radius 1 is 1.03 bits per heavy atom. The van der Waals surface area contributed by atoms with Crippen LogP contribution in [-0.2, 0) is 6.42 Å². The van der Waals surface area contributed by atoms with Crippen molar-refractivity contribution in [1.82, 2.24) is 0 Å². The fraction of sp³-hybridized carbons (Fsp3) is 0.300. The molecular weight excluding hydrogens is 456 g/mol. The lowest BCUT2D eigenvalue weighted by atomic mass is 9.92. The van der Waals surface area contributed by atoms with Gasteiger partial charge in [0.2, 0.25) is 5.43 Å². The molecule has 0 saturated heterocycles. The molecule has 1 aliphatic rings. The van der Waals surface area contributed by atoms with Crippen LogP contribution in [0, 0.1) is 0 Å². The van der Waals surface area contributed by atoms with Crippen molar-refractivity contribution in [2.75, 3.05) is 0 Å². The first kappa shape index (κ1) is 25.2. The molecule has 1 atom stereocenters. The van der Waals surface area contributed by atoms with Crippen LogP contribution < -0.4 is 10.2 Å². The Morgan fingerprint density at radius 2 is 1.75 bits per heavy atom. The van der Waals surface area contributed by atoms with E-state index in [1.807, 2.05) is 39.0 Å². The largest absolute Gasteiger partial charge is 0.508 e. The zero-order valence-electron chi connectivity index (χ0n) is 21.3. The third-order valence-corrected chi connectivity index (χ3v) is 6.33. The maximum absolute atomic E-state index is 13.4. The highest BCUT2D eigenvalue weighted by atomic mass is 16.5. The Hall–Kier alpha value is -3.93. The van der Waals surface area contributed by atoms with Crippen LogP contribution in [0.2, 0.25) is 0 Å². The molecule has 6 heteroatoms. The third-order valence-electron chi connectivity index (χ3n) is 6.33. The monoisotopic (exact) mass is 488 g/mol. The van der Waals surface area contributed by atoms with Crippen LogP contribution >= 0.6 is 0 Å². The second-order valence-electron chi connectivity index (χ2n) is 10.0. The molecule has 188 valence electrons. The number of ether oxygens (including phenoxy) is 1. The Bertz CT molecular complexity index is 1480. The van der Waals surface area contributed by atoms with Crippen molar-refractivity contribution in [2.24, 2.45) is 0 Å². The van der Waals surface area contributed by atoms with E-state index in [0.29, 0.717) is 22.4 Å². The number of allylic oxidation sites excluding steroid dienone is 4. The number of aromatic hydroxyl groups is 3. The molecular formula is C30H32O6. The quantitative estimate of drug-likeness (QED) is 0.323. The molecule has 4 rings (SSSR count). The Kier molecular flexibility index (Phi) is 6.72. The van der Waals surface area contributed by atoms with Gasteiger partial charge in [0.1, 0.15) is 45.3 Å². The highest BCUT2D eigenvalue weighted by molar-refractivity contribution is 5.88. The van der Waals surface area contributed by atoms with Gasteiger partial charge in [-0.15, -0.1) is 0 Å². The van der Waals surface area contributed by atoms with Gasteiger partial charge in [-0.1, -0.05) is 23.3 Å². The maximum Gasteiger partial charge on any atom is 0.200 e. The molecule has 0 fully saturated rings. The Labute approximate surface area is 210 Å². The van der Waals surface area contributed by atoms with Gasteiger partial charge in [0.15, 0.2) is 0 Å². The van der Waals surface area contributed by atoms with E-state index in [9.17, 15) is 20.1 Å². The average molecular weight is 489 g/mol.